The van der Waals surface area contributed by atoms with Gasteiger partial charge in [0.1, 0.15) is 12.4 Å². The van der Waals surface area contributed by atoms with Crippen LogP contribution in [-0.4, -0.2) is 62.0 Å². The summed E-state index contributed by atoms with van der Waals surface area (Å²) in [5.74, 6) is -2.52. The van der Waals surface area contributed by atoms with Crippen molar-refractivity contribution in [1.82, 2.24) is 4.90 Å². The van der Waals surface area contributed by atoms with Crippen molar-refractivity contribution in [3.63, 3.8) is 0 Å². The van der Waals surface area contributed by atoms with E-state index in [-0.39, 0.29) is 18.2 Å². The quantitative estimate of drug-likeness (QED) is 0.698. The van der Waals surface area contributed by atoms with Gasteiger partial charge in [-0.1, -0.05) is 6.92 Å². The molecule has 0 aromatic heterocycles. The van der Waals surface area contributed by atoms with E-state index in [1.54, 1.807) is 14.0 Å². The number of rotatable bonds is 6. The van der Waals surface area contributed by atoms with E-state index in [4.69, 9.17) is 10.5 Å². The van der Waals surface area contributed by atoms with E-state index in [0.717, 1.165) is 6.07 Å². The maximum Gasteiger partial charge on any atom is 0.253 e. The van der Waals surface area contributed by atoms with Gasteiger partial charge in [0.15, 0.2) is 6.04 Å². The molecule has 1 saturated heterocycles. The fourth-order valence-corrected chi connectivity index (χ4v) is 2.49. The average molecular weight is 352 g/mol. The number of carbonyl (C=O) groups is 3. The molecule has 1 fully saturated rings. The number of benzene rings is 1. The maximum absolute atomic E-state index is 14.3. The number of likely N-dealkylation sites (N-methyl/N-ethyl adjacent to an activating group) is 1. The van der Waals surface area contributed by atoms with Gasteiger partial charge in [-0.25, -0.2) is 4.39 Å². The maximum atomic E-state index is 14.3. The minimum absolute atomic E-state index is 0.0518. The van der Waals surface area contributed by atoms with E-state index in [1.165, 1.54) is 21.9 Å². The van der Waals surface area contributed by atoms with E-state index in [0.29, 0.717) is 25.4 Å². The molecule has 0 saturated carbocycles. The van der Waals surface area contributed by atoms with Crippen LogP contribution in [0.1, 0.15) is 6.92 Å². The molecule has 0 unspecified atom stereocenters. The van der Waals surface area contributed by atoms with E-state index >= 15 is 0 Å². The highest BCUT2D eigenvalue weighted by Crippen LogP contribution is 2.23. The summed E-state index contributed by atoms with van der Waals surface area (Å²) in [7, 11) is 1.57. The van der Waals surface area contributed by atoms with E-state index in [9.17, 15) is 18.8 Å². The highest BCUT2D eigenvalue weighted by Gasteiger charge is 2.29. The number of carbonyl (C=O) groups excluding carboxylic acids is 3. The Morgan fingerprint density at radius 1 is 1.48 bits per heavy atom. The summed E-state index contributed by atoms with van der Waals surface area (Å²) < 4.78 is 19.4. The number of anilines is 2. The number of ether oxygens (including phenoxy) is 1. The van der Waals surface area contributed by atoms with Gasteiger partial charge in [-0.05, 0) is 31.8 Å². The number of hydrogen-bond acceptors (Lipinski definition) is 5. The normalized spacial score (nSPS) is 16.0. The molecule has 1 aliphatic rings. The Hall–Kier alpha value is -2.52. The molecule has 0 bridgehead atoms. The lowest BCUT2D eigenvalue weighted by Gasteiger charge is -2.27. The first kappa shape index (κ1) is 18.8. The molecule has 3 N–H and O–H groups in total. The van der Waals surface area contributed by atoms with Crippen LogP contribution in [0.5, 0.6) is 0 Å². The topological polar surface area (TPSA) is 105 Å². The molecule has 25 heavy (non-hydrogen) atoms. The highest BCUT2D eigenvalue weighted by molar-refractivity contribution is 6.09. The fraction of sp³-hybridized carbons (Fsp3) is 0.438. The van der Waals surface area contributed by atoms with Gasteiger partial charge in [-0.3, -0.25) is 19.3 Å². The van der Waals surface area contributed by atoms with Crippen LogP contribution in [0.3, 0.4) is 0 Å². The Kier molecular flexibility index (Phi) is 6.05. The Morgan fingerprint density at radius 2 is 2.20 bits per heavy atom. The first-order valence-corrected chi connectivity index (χ1v) is 7.83. The number of nitrogens with zero attached hydrogens (tertiary/aromatic N) is 2. The van der Waals surface area contributed by atoms with Gasteiger partial charge < -0.3 is 20.7 Å². The summed E-state index contributed by atoms with van der Waals surface area (Å²) in [6.07, 6.45) is 0. The molecule has 1 aromatic rings. The zero-order valence-electron chi connectivity index (χ0n) is 14.1. The van der Waals surface area contributed by atoms with Gasteiger partial charge in [0.05, 0.1) is 12.3 Å². The van der Waals surface area contributed by atoms with Crippen LogP contribution in [0.25, 0.3) is 0 Å². The highest BCUT2D eigenvalue weighted by atomic mass is 19.1. The van der Waals surface area contributed by atoms with Crippen molar-refractivity contribution in [3.05, 3.63) is 24.0 Å². The van der Waals surface area contributed by atoms with Crippen LogP contribution < -0.4 is 16.0 Å². The summed E-state index contributed by atoms with van der Waals surface area (Å²) in [4.78, 5) is 38.4. The summed E-state index contributed by atoms with van der Waals surface area (Å²) >= 11 is 0. The number of halogens is 1. The first-order chi connectivity index (χ1) is 11.8. The number of nitrogens with two attached hydrogens (primary N) is 1. The van der Waals surface area contributed by atoms with Crippen molar-refractivity contribution < 1.29 is 23.5 Å². The smallest absolute Gasteiger partial charge is 0.253 e. The third kappa shape index (κ3) is 4.31. The Labute approximate surface area is 144 Å². The van der Waals surface area contributed by atoms with Crippen LogP contribution in [0.15, 0.2) is 18.2 Å². The summed E-state index contributed by atoms with van der Waals surface area (Å²) in [6.45, 7) is 2.83. The third-order valence-corrected chi connectivity index (χ3v) is 3.97. The van der Waals surface area contributed by atoms with Crippen molar-refractivity contribution in [2.24, 2.45) is 5.73 Å². The van der Waals surface area contributed by atoms with Gasteiger partial charge in [0.25, 0.3) is 11.8 Å². The molecule has 1 atom stereocenters. The van der Waals surface area contributed by atoms with Crippen LogP contribution in [0, 0.1) is 5.82 Å². The average Bonchev–Trinajstić information content (AvgIpc) is 2.56. The predicted molar refractivity (Wildman–Crippen MR) is 89.5 cm³/mol. The summed E-state index contributed by atoms with van der Waals surface area (Å²) in [5, 5.41) is 2.36. The van der Waals surface area contributed by atoms with Crippen molar-refractivity contribution in [1.29, 1.82) is 0 Å². The molecule has 0 spiro atoms. The predicted octanol–water partition coefficient (Wildman–Crippen LogP) is -0.0670. The van der Waals surface area contributed by atoms with Gasteiger partial charge in [-0.15, -0.1) is 0 Å². The third-order valence-electron chi connectivity index (χ3n) is 3.97. The number of amides is 3. The zero-order valence-corrected chi connectivity index (χ0v) is 14.1. The van der Waals surface area contributed by atoms with Crippen LogP contribution in [-0.2, 0) is 19.1 Å². The van der Waals surface area contributed by atoms with Crippen molar-refractivity contribution >= 4 is 29.1 Å². The second kappa shape index (κ2) is 8.04. The van der Waals surface area contributed by atoms with Crippen molar-refractivity contribution in [3.8, 4) is 0 Å². The van der Waals surface area contributed by atoms with Crippen LogP contribution >= 0.6 is 0 Å². The van der Waals surface area contributed by atoms with Crippen molar-refractivity contribution in [2.45, 2.75) is 13.0 Å². The molecular formula is C16H21FN4O4. The minimum atomic E-state index is -1.20. The van der Waals surface area contributed by atoms with Crippen molar-refractivity contribution in [2.75, 3.05) is 43.6 Å². The van der Waals surface area contributed by atoms with E-state index < -0.39 is 23.7 Å². The Morgan fingerprint density at radius 3 is 2.76 bits per heavy atom. The lowest BCUT2D eigenvalue weighted by atomic mass is 10.2. The number of morpholine rings is 1. The molecule has 9 heteroatoms. The standard InChI is InChI=1S/C16H21FN4O4/c1-3-20(2)14(15(18)23)16(24)19-12-5-4-10(8-11(12)17)21-6-7-25-9-13(21)22/h4-5,8,14H,3,6-7,9H2,1-2H3,(H2,18,23)(H,19,24)/t14-/m1/s1. The largest absolute Gasteiger partial charge is 0.370 e. The molecular weight excluding hydrogens is 331 g/mol. The lowest BCUT2D eigenvalue weighted by molar-refractivity contribution is -0.131. The molecule has 1 heterocycles. The summed E-state index contributed by atoms with van der Waals surface area (Å²) in [6, 6.07) is 2.81. The Balaban J connectivity index is 2.16. The fourth-order valence-electron chi connectivity index (χ4n) is 2.49. The summed E-state index contributed by atoms with van der Waals surface area (Å²) in [5.41, 5.74) is 5.53. The molecule has 1 aromatic carbocycles. The monoisotopic (exact) mass is 352 g/mol. The van der Waals surface area contributed by atoms with Crippen LogP contribution in [0.4, 0.5) is 15.8 Å². The number of nitrogens with one attached hydrogen (secondary N) is 1. The second-order valence-corrected chi connectivity index (χ2v) is 5.63. The molecule has 0 radical (unpaired) electrons. The molecule has 2 rings (SSSR count). The minimum Gasteiger partial charge on any atom is -0.370 e. The second-order valence-electron chi connectivity index (χ2n) is 5.63. The van der Waals surface area contributed by atoms with E-state index in [2.05, 4.69) is 5.32 Å². The molecule has 1 aliphatic heterocycles. The lowest BCUT2D eigenvalue weighted by Crippen LogP contribution is -2.50. The van der Waals surface area contributed by atoms with Gasteiger partial charge in [-0.2, -0.15) is 0 Å². The number of primary amides is 1. The van der Waals surface area contributed by atoms with E-state index in [1.807, 2.05) is 0 Å². The number of hydrogen-bond donors (Lipinski definition) is 2. The Bertz CT molecular complexity index is 682. The van der Waals surface area contributed by atoms with Gasteiger partial charge in [0, 0.05) is 12.2 Å². The first-order valence-electron chi connectivity index (χ1n) is 7.83. The molecule has 8 nitrogen and oxygen atoms in total. The molecule has 0 aliphatic carbocycles. The molecule has 3 amide bonds. The van der Waals surface area contributed by atoms with Gasteiger partial charge >= 0.3 is 0 Å². The van der Waals surface area contributed by atoms with Gasteiger partial charge in [0.2, 0.25) is 5.91 Å². The zero-order chi connectivity index (χ0) is 18.6. The molecule has 136 valence electrons. The van der Waals surface area contributed by atoms with Crippen LogP contribution in [0.2, 0.25) is 0 Å². The SMILES string of the molecule is CCN(C)[C@H](C(N)=O)C(=O)Nc1ccc(N2CCOCC2=O)cc1F.